The Hall–Kier alpha value is -2.86. The normalized spacial score (nSPS) is 14.1. The molecule has 5 nitrogen and oxygen atoms in total. The maximum atomic E-state index is 13.2. The number of nitrogens with zero attached hydrogens (tertiary/aromatic N) is 2. The van der Waals surface area contributed by atoms with Gasteiger partial charge in [0.2, 0.25) is 0 Å². The lowest BCUT2D eigenvalue weighted by Gasteiger charge is -2.27. The summed E-state index contributed by atoms with van der Waals surface area (Å²) in [5.41, 5.74) is 3.64. The number of pyridine rings is 1. The summed E-state index contributed by atoms with van der Waals surface area (Å²) in [5, 5.41) is 4.30. The number of rotatable bonds is 4. The summed E-state index contributed by atoms with van der Waals surface area (Å²) < 4.78 is 0. The summed E-state index contributed by atoms with van der Waals surface area (Å²) >= 11 is 1.87. The summed E-state index contributed by atoms with van der Waals surface area (Å²) in [5.74, 6) is 1.95. The van der Waals surface area contributed by atoms with Crippen molar-refractivity contribution in [2.75, 3.05) is 29.9 Å². The number of amides is 1. The molecule has 142 valence electrons. The van der Waals surface area contributed by atoms with Crippen molar-refractivity contribution < 1.29 is 9.59 Å². The van der Waals surface area contributed by atoms with E-state index in [0.717, 1.165) is 46.9 Å². The van der Waals surface area contributed by atoms with Crippen molar-refractivity contribution in [1.29, 1.82) is 0 Å². The van der Waals surface area contributed by atoms with Gasteiger partial charge in [0.05, 0.1) is 16.8 Å². The van der Waals surface area contributed by atoms with E-state index in [2.05, 4.69) is 10.3 Å². The van der Waals surface area contributed by atoms with Crippen LogP contribution < -0.4 is 5.32 Å². The third-order valence-electron chi connectivity index (χ3n) is 4.86. The van der Waals surface area contributed by atoms with E-state index in [1.54, 1.807) is 25.3 Å². The molecule has 0 atom stereocenters. The van der Waals surface area contributed by atoms with Gasteiger partial charge in [0.15, 0.2) is 5.78 Å². The number of aromatic nitrogens is 1. The number of nitrogens with one attached hydrogen (secondary N) is 1. The minimum Gasteiger partial charge on any atom is -0.354 e. The van der Waals surface area contributed by atoms with E-state index in [1.807, 2.05) is 53.1 Å². The molecule has 1 aliphatic rings. The fourth-order valence-electron chi connectivity index (χ4n) is 3.31. The third-order valence-corrected chi connectivity index (χ3v) is 5.81. The fraction of sp³-hybridized carbons (Fsp3) is 0.227. The summed E-state index contributed by atoms with van der Waals surface area (Å²) in [6, 6.07) is 15.1. The Morgan fingerprint density at radius 1 is 1.04 bits per heavy atom. The van der Waals surface area contributed by atoms with Crippen molar-refractivity contribution in [1.82, 2.24) is 9.88 Å². The number of carbonyl (C=O) groups excluding carboxylic acids is 2. The third kappa shape index (κ3) is 3.73. The highest BCUT2D eigenvalue weighted by Gasteiger charge is 2.23. The number of ketones is 1. The molecular formula is C22H21N3O2S. The molecule has 28 heavy (non-hydrogen) atoms. The average molecular weight is 391 g/mol. The van der Waals surface area contributed by atoms with Crippen LogP contribution in [0.5, 0.6) is 0 Å². The van der Waals surface area contributed by atoms with Gasteiger partial charge in [-0.1, -0.05) is 18.2 Å². The van der Waals surface area contributed by atoms with Crippen LogP contribution in [0.25, 0.3) is 10.9 Å². The standard InChI is InChI=1S/C22H21N3O2S/c1-15(26)16-6-8-17(9-7-16)24-21-18-4-2-3-5-20(18)23-14-19(21)22(27)25-10-12-28-13-11-25/h2-9,14H,10-13H2,1H3,(H,23,24). The number of thioether (sulfide) groups is 1. The molecule has 1 N–H and O–H groups in total. The van der Waals surface area contributed by atoms with Gasteiger partial charge in [-0.15, -0.1) is 0 Å². The van der Waals surface area contributed by atoms with Crippen LogP contribution in [0.4, 0.5) is 11.4 Å². The number of hydrogen-bond donors (Lipinski definition) is 1. The highest BCUT2D eigenvalue weighted by Crippen LogP contribution is 2.30. The fourth-order valence-corrected chi connectivity index (χ4v) is 4.21. The molecule has 1 aromatic heterocycles. The maximum absolute atomic E-state index is 13.2. The number of fused-ring (bicyclic) bond motifs is 1. The van der Waals surface area contributed by atoms with E-state index in [4.69, 9.17) is 0 Å². The minimum absolute atomic E-state index is 0.00130. The van der Waals surface area contributed by atoms with Crippen molar-refractivity contribution in [2.45, 2.75) is 6.92 Å². The lowest BCUT2D eigenvalue weighted by Crippen LogP contribution is -2.38. The smallest absolute Gasteiger partial charge is 0.257 e. The van der Waals surface area contributed by atoms with Gasteiger partial charge in [0.25, 0.3) is 5.91 Å². The van der Waals surface area contributed by atoms with E-state index >= 15 is 0 Å². The van der Waals surface area contributed by atoms with E-state index in [-0.39, 0.29) is 11.7 Å². The molecule has 1 saturated heterocycles. The number of hydrogen-bond acceptors (Lipinski definition) is 5. The zero-order valence-electron chi connectivity index (χ0n) is 15.6. The highest BCUT2D eigenvalue weighted by molar-refractivity contribution is 7.99. The molecule has 1 aliphatic heterocycles. The molecule has 1 amide bonds. The topological polar surface area (TPSA) is 62.3 Å². The van der Waals surface area contributed by atoms with Crippen molar-refractivity contribution in [3.8, 4) is 0 Å². The second kappa shape index (κ2) is 8.02. The van der Waals surface area contributed by atoms with Crippen LogP contribution in [-0.2, 0) is 0 Å². The van der Waals surface area contributed by atoms with Gasteiger partial charge < -0.3 is 10.2 Å². The van der Waals surface area contributed by atoms with Crippen LogP contribution in [0.15, 0.2) is 54.7 Å². The number of anilines is 2. The number of Topliss-reactive ketones (excluding diaryl/α,β-unsaturated/α-hetero) is 1. The lowest BCUT2D eigenvalue weighted by molar-refractivity contribution is 0.0773. The first-order chi connectivity index (χ1) is 13.6. The minimum atomic E-state index is 0.00130. The molecule has 2 heterocycles. The Morgan fingerprint density at radius 2 is 1.75 bits per heavy atom. The second-order valence-electron chi connectivity index (χ2n) is 6.73. The number of para-hydroxylation sites is 1. The Kier molecular flexibility index (Phi) is 5.30. The summed E-state index contributed by atoms with van der Waals surface area (Å²) in [7, 11) is 0. The Bertz CT molecular complexity index is 1030. The molecule has 0 bridgehead atoms. The Balaban J connectivity index is 1.75. The van der Waals surface area contributed by atoms with Crippen molar-refractivity contribution in [3.63, 3.8) is 0 Å². The quantitative estimate of drug-likeness (QED) is 0.669. The molecule has 4 rings (SSSR count). The second-order valence-corrected chi connectivity index (χ2v) is 7.95. The predicted molar refractivity (Wildman–Crippen MR) is 115 cm³/mol. The summed E-state index contributed by atoms with van der Waals surface area (Å²) in [4.78, 5) is 31.1. The van der Waals surface area contributed by atoms with Gasteiger partial charge >= 0.3 is 0 Å². The first kappa shape index (κ1) is 18.5. The molecule has 2 aromatic carbocycles. The SMILES string of the molecule is CC(=O)c1ccc(Nc2c(C(=O)N3CCSCC3)cnc3ccccc23)cc1. The van der Waals surface area contributed by atoms with Crippen LogP contribution in [0.3, 0.4) is 0 Å². The van der Waals surface area contributed by atoms with E-state index in [9.17, 15) is 9.59 Å². The Labute approximate surface area is 168 Å². The van der Waals surface area contributed by atoms with Crippen LogP contribution >= 0.6 is 11.8 Å². The van der Waals surface area contributed by atoms with Crippen molar-refractivity contribution >= 4 is 45.7 Å². The zero-order chi connectivity index (χ0) is 19.5. The lowest BCUT2D eigenvalue weighted by atomic mass is 10.1. The van der Waals surface area contributed by atoms with Gasteiger partial charge in [-0.2, -0.15) is 11.8 Å². The van der Waals surface area contributed by atoms with Crippen LogP contribution in [0.2, 0.25) is 0 Å². The van der Waals surface area contributed by atoms with E-state index < -0.39 is 0 Å². The molecule has 6 heteroatoms. The van der Waals surface area contributed by atoms with Gasteiger partial charge in [-0.3, -0.25) is 14.6 Å². The van der Waals surface area contributed by atoms with Gasteiger partial charge in [-0.25, -0.2) is 0 Å². The molecule has 0 spiro atoms. The first-order valence-corrected chi connectivity index (χ1v) is 10.4. The number of carbonyl (C=O) groups is 2. The molecule has 0 saturated carbocycles. The monoisotopic (exact) mass is 391 g/mol. The molecule has 1 fully saturated rings. The average Bonchev–Trinajstić information content (AvgIpc) is 2.74. The molecule has 0 radical (unpaired) electrons. The van der Waals surface area contributed by atoms with Crippen LogP contribution in [0.1, 0.15) is 27.6 Å². The molecule has 0 unspecified atom stereocenters. The van der Waals surface area contributed by atoms with E-state index in [0.29, 0.717) is 11.1 Å². The van der Waals surface area contributed by atoms with Crippen LogP contribution in [-0.4, -0.2) is 46.2 Å². The van der Waals surface area contributed by atoms with Gasteiger partial charge in [0, 0.05) is 47.4 Å². The highest BCUT2D eigenvalue weighted by atomic mass is 32.2. The zero-order valence-corrected chi connectivity index (χ0v) is 16.5. The van der Waals surface area contributed by atoms with Crippen LogP contribution in [0, 0.1) is 0 Å². The van der Waals surface area contributed by atoms with Gasteiger partial charge in [-0.05, 0) is 37.3 Å². The largest absolute Gasteiger partial charge is 0.354 e. The first-order valence-electron chi connectivity index (χ1n) is 9.26. The molecule has 0 aliphatic carbocycles. The van der Waals surface area contributed by atoms with Crippen molar-refractivity contribution in [2.24, 2.45) is 0 Å². The molecule has 3 aromatic rings. The summed E-state index contributed by atoms with van der Waals surface area (Å²) in [6.45, 7) is 3.05. The Morgan fingerprint density at radius 3 is 2.46 bits per heavy atom. The summed E-state index contributed by atoms with van der Waals surface area (Å²) in [6.07, 6.45) is 1.67. The molecular weight excluding hydrogens is 370 g/mol. The van der Waals surface area contributed by atoms with Crippen molar-refractivity contribution in [3.05, 3.63) is 65.9 Å². The predicted octanol–water partition coefficient (Wildman–Crippen LogP) is 4.37. The maximum Gasteiger partial charge on any atom is 0.257 e. The number of benzene rings is 2. The van der Waals surface area contributed by atoms with Gasteiger partial charge in [0.1, 0.15) is 0 Å². The van der Waals surface area contributed by atoms with E-state index in [1.165, 1.54) is 0 Å².